The first-order chi connectivity index (χ1) is 7.07. The summed E-state index contributed by atoms with van der Waals surface area (Å²) in [5, 5.41) is 3.26. The van der Waals surface area contributed by atoms with Gasteiger partial charge in [-0.25, -0.2) is 0 Å². The summed E-state index contributed by atoms with van der Waals surface area (Å²) in [5.74, 6) is 1.19. The van der Waals surface area contributed by atoms with Gasteiger partial charge in [0.1, 0.15) is 11.6 Å². The van der Waals surface area contributed by atoms with Crippen LogP contribution in [-0.4, -0.2) is 28.7 Å². The van der Waals surface area contributed by atoms with E-state index in [-0.39, 0.29) is 11.5 Å². The molecular weight excluding hydrogens is 194 g/mol. The Morgan fingerprint density at radius 1 is 1.47 bits per heavy atom. The average Bonchev–Trinajstić information content (AvgIpc) is 2.49. The number of nitrogen functional groups attached to an aromatic ring is 2. The van der Waals surface area contributed by atoms with Gasteiger partial charge in [0, 0.05) is 12.7 Å². The van der Waals surface area contributed by atoms with E-state index in [4.69, 9.17) is 16.2 Å². The molecule has 1 aromatic heterocycles. The summed E-state index contributed by atoms with van der Waals surface area (Å²) in [7, 11) is 0. The number of rotatable bonds is 2. The van der Waals surface area contributed by atoms with E-state index in [9.17, 15) is 0 Å². The minimum atomic E-state index is -0.0900. The van der Waals surface area contributed by atoms with E-state index >= 15 is 0 Å². The molecule has 1 saturated heterocycles. The van der Waals surface area contributed by atoms with Crippen molar-refractivity contribution in [1.29, 1.82) is 0 Å². The van der Waals surface area contributed by atoms with E-state index in [0.29, 0.717) is 18.2 Å². The van der Waals surface area contributed by atoms with Gasteiger partial charge in [0.2, 0.25) is 5.95 Å². The normalized spacial score (nSPS) is 25.4. The predicted octanol–water partition coefficient (Wildman–Crippen LogP) is 0.232. The average molecular weight is 209 g/mol. The summed E-state index contributed by atoms with van der Waals surface area (Å²) >= 11 is 0. The molecule has 1 aromatic rings. The summed E-state index contributed by atoms with van der Waals surface area (Å²) in [5.41, 5.74) is 11.0. The van der Waals surface area contributed by atoms with Gasteiger partial charge >= 0.3 is 0 Å². The Labute approximate surface area is 88.0 Å². The van der Waals surface area contributed by atoms with E-state index < -0.39 is 0 Å². The lowest BCUT2D eigenvalue weighted by Crippen LogP contribution is -2.35. The third-order valence-corrected chi connectivity index (χ3v) is 2.41. The van der Waals surface area contributed by atoms with Crippen molar-refractivity contribution in [1.82, 2.24) is 9.97 Å². The SMILES string of the molecule is CC1(Nc2cc(N)nc(N)n2)CCOC1. The van der Waals surface area contributed by atoms with Crippen molar-refractivity contribution in [3.63, 3.8) is 0 Å². The Kier molecular flexibility index (Phi) is 2.36. The number of nitrogens with two attached hydrogens (primary N) is 2. The fourth-order valence-electron chi connectivity index (χ4n) is 1.62. The van der Waals surface area contributed by atoms with Crippen LogP contribution in [-0.2, 0) is 4.74 Å². The molecule has 1 atom stereocenters. The van der Waals surface area contributed by atoms with Crippen molar-refractivity contribution in [2.75, 3.05) is 30.0 Å². The lowest BCUT2D eigenvalue weighted by atomic mass is 10.0. The predicted molar refractivity (Wildman–Crippen MR) is 58.3 cm³/mol. The lowest BCUT2D eigenvalue weighted by molar-refractivity contribution is 0.185. The second-order valence-corrected chi connectivity index (χ2v) is 4.02. The maximum atomic E-state index is 5.57. The van der Waals surface area contributed by atoms with Gasteiger partial charge in [0.25, 0.3) is 0 Å². The van der Waals surface area contributed by atoms with Crippen LogP contribution >= 0.6 is 0 Å². The van der Waals surface area contributed by atoms with Crippen LogP contribution in [0.5, 0.6) is 0 Å². The quantitative estimate of drug-likeness (QED) is 0.645. The van der Waals surface area contributed by atoms with E-state index in [2.05, 4.69) is 22.2 Å². The van der Waals surface area contributed by atoms with E-state index in [1.165, 1.54) is 0 Å². The number of anilines is 3. The fraction of sp³-hybridized carbons (Fsp3) is 0.556. The zero-order valence-electron chi connectivity index (χ0n) is 8.66. The molecule has 2 heterocycles. The molecule has 0 radical (unpaired) electrons. The van der Waals surface area contributed by atoms with Gasteiger partial charge in [-0.1, -0.05) is 0 Å². The molecule has 1 fully saturated rings. The number of nitrogens with zero attached hydrogens (tertiary/aromatic N) is 2. The molecule has 1 aliphatic rings. The first kappa shape index (κ1) is 9.97. The molecule has 1 unspecified atom stereocenters. The van der Waals surface area contributed by atoms with Crippen LogP contribution in [0.4, 0.5) is 17.6 Å². The first-order valence-electron chi connectivity index (χ1n) is 4.83. The van der Waals surface area contributed by atoms with E-state index in [1.54, 1.807) is 6.07 Å². The molecule has 6 heteroatoms. The summed E-state index contributed by atoms with van der Waals surface area (Å²) < 4.78 is 5.32. The van der Waals surface area contributed by atoms with Crippen LogP contribution in [0.2, 0.25) is 0 Å². The van der Waals surface area contributed by atoms with Crippen molar-refractivity contribution in [3.8, 4) is 0 Å². The molecule has 0 saturated carbocycles. The highest BCUT2D eigenvalue weighted by Gasteiger charge is 2.29. The summed E-state index contributed by atoms with van der Waals surface area (Å²) in [4.78, 5) is 7.87. The van der Waals surface area contributed by atoms with Crippen molar-refractivity contribution >= 4 is 17.6 Å². The van der Waals surface area contributed by atoms with Gasteiger partial charge in [0.05, 0.1) is 12.1 Å². The van der Waals surface area contributed by atoms with Crippen molar-refractivity contribution in [2.24, 2.45) is 0 Å². The van der Waals surface area contributed by atoms with Gasteiger partial charge < -0.3 is 21.5 Å². The number of aromatic nitrogens is 2. The van der Waals surface area contributed by atoms with Gasteiger partial charge in [-0.2, -0.15) is 9.97 Å². The fourth-order valence-corrected chi connectivity index (χ4v) is 1.62. The molecule has 82 valence electrons. The Hall–Kier alpha value is -1.56. The second-order valence-electron chi connectivity index (χ2n) is 4.02. The standard InChI is InChI=1S/C9H15N5O/c1-9(2-3-15-5-9)14-7-4-6(10)12-8(11)13-7/h4H,2-3,5H2,1H3,(H5,10,11,12,13,14). The molecule has 6 nitrogen and oxygen atoms in total. The Morgan fingerprint density at radius 2 is 2.27 bits per heavy atom. The summed E-state index contributed by atoms with van der Waals surface area (Å²) in [6.45, 7) is 3.50. The monoisotopic (exact) mass is 209 g/mol. The van der Waals surface area contributed by atoms with Crippen LogP contribution in [0.3, 0.4) is 0 Å². The van der Waals surface area contributed by atoms with E-state index in [1.807, 2.05) is 0 Å². The van der Waals surface area contributed by atoms with Gasteiger partial charge in [-0.05, 0) is 13.3 Å². The van der Waals surface area contributed by atoms with Gasteiger partial charge in [-0.15, -0.1) is 0 Å². The molecule has 0 spiro atoms. The Bertz CT molecular complexity index is 341. The third kappa shape index (κ3) is 2.27. The molecule has 0 amide bonds. The smallest absolute Gasteiger partial charge is 0.223 e. The maximum Gasteiger partial charge on any atom is 0.223 e. The van der Waals surface area contributed by atoms with E-state index in [0.717, 1.165) is 13.0 Å². The number of ether oxygens (including phenoxy) is 1. The Balaban J connectivity index is 2.16. The molecule has 15 heavy (non-hydrogen) atoms. The third-order valence-electron chi connectivity index (χ3n) is 2.41. The molecule has 2 rings (SSSR count). The molecular formula is C9H15N5O. The van der Waals surface area contributed by atoms with Crippen molar-refractivity contribution in [3.05, 3.63) is 6.07 Å². The highest BCUT2D eigenvalue weighted by Crippen LogP contribution is 2.23. The maximum absolute atomic E-state index is 5.57. The van der Waals surface area contributed by atoms with Gasteiger partial charge in [-0.3, -0.25) is 0 Å². The van der Waals surface area contributed by atoms with Gasteiger partial charge in [0.15, 0.2) is 0 Å². The molecule has 5 N–H and O–H groups in total. The minimum Gasteiger partial charge on any atom is -0.383 e. The highest BCUT2D eigenvalue weighted by molar-refractivity contribution is 5.49. The van der Waals surface area contributed by atoms with Crippen LogP contribution in [0.15, 0.2) is 6.07 Å². The molecule has 1 aliphatic heterocycles. The first-order valence-corrected chi connectivity index (χ1v) is 4.83. The van der Waals surface area contributed by atoms with Crippen LogP contribution in [0.25, 0.3) is 0 Å². The second kappa shape index (κ2) is 3.54. The lowest BCUT2D eigenvalue weighted by Gasteiger charge is -2.24. The van der Waals surface area contributed by atoms with Crippen LogP contribution in [0, 0.1) is 0 Å². The minimum absolute atomic E-state index is 0.0900. The van der Waals surface area contributed by atoms with Crippen molar-refractivity contribution < 1.29 is 4.74 Å². The Morgan fingerprint density at radius 3 is 2.87 bits per heavy atom. The topological polar surface area (TPSA) is 99.1 Å². The molecule has 0 aromatic carbocycles. The van der Waals surface area contributed by atoms with Crippen molar-refractivity contribution in [2.45, 2.75) is 18.9 Å². The largest absolute Gasteiger partial charge is 0.383 e. The zero-order valence-corrected chi connectivity index (χ0v) is 8.66. The number of hydrogen-bond donors (Lipinski definition) is 3. The summed E-state index contributed by atoms with van der Waals surface area (Å²) in [6.07, 6.45) is 0.941. The molecule has 0 bridgehead atoms. The number of nitrogens with one attached hydrogen (secondary N) is 1. The number of hydrogen-bond acceptors (Lipinski definition) is 6. The highest BCUT2D eigenvalue weighted by atomic mass is 16.5. The van der Waals surface area contributed by atoms with Crippen LogP contribution < -0.4 is 16.8 Å². The zero-order chi connectivity index (χ0) is 10.9. The summed E-state index contributed by atoms with van der Waals surface area (Å²) in [6, 6.07) is 1.67. The molecule has 0 aliphatic carbocycles. The van der Waals surface area contributed by atoms with Crippen LogP contribution in [0.1, 0.15) is 13.3 Å².